The van der Waals surface area contributed by atoms with E-state index >= 15 is 0 Å². The summed E-state index contributed by atoms with van der Waals surface area (Å²) < 4.78 is 23.5. The number of anilines is 1. The molecule has 1 N–H and O–H groups in total. The number of nitrogens with zero attached hydrogens (tertiary/aromatic N) is 1. The Hall–Kier alpha value is -1.87. The number of hydrogen-bond acceptors (Lipinski definition) is 6. The van der Waals surface area contributed by atoms with Crippen molar-refractivity contribution in [2.45, 2.75) is 23.0 Å². The van der Waals surface area contributed by atoms with E-state index in [9.17, 15) is 13.2 Å². The normalized spacial score (nSPS) is 17.7. The molecular formula is C21H19ClN2O3S3. The van der Waals surface area contributed by atoms with Gasteiger partial charge in [-0.2, -0.15) is 0 Å². The van der Waals surface area contributed by atoms with Gasteiger partial charge in [0.05, 0.1) is 17.1 Å². The van der Waals surface area contributed by atoms with Crippen molar-refractivity contribution in [3.63, 3.8) is 0 Å². The fraction of sp³-hybridized carbons (Fsp3) is 0.238. The van der Waals surface area contributed by atoms with Crippen LogP contribution in [0.1, 0.15) is 27.2 Å². The van der Waals surface area contributed by atoms with Crippen molar-refractivity contribution in [2.75, 3.05) is 16.8 Å². The highest BCUT2D eigenvalue weighted by molar-refractivity contribution is 8.02. The first kappa shape index (κ1) is 21.4. The molecule has 1 atom stereocenters. The van der Waals surface area contributed by atoms with Crippen LogP contribution in [0, 0.1) is 0 Å². The van der Waals surface area contributed by atoms with Crippen LogP contribution in [0.25, 0.3) is 0 Å². The van der Waals surface area contributed by atoms with Crippen LogP contribution >= 0.6 is 34.7 Å². The molecule has 1 unspecified atom stereocenters. The number of aromatic nitrogens is 1. The molecule has 3 aromatic rings. The largest absolute Gasteiger partial charge is 0.298 e. The molecule has 1 aromatic heterocycles. The molecule has 0 aliphatic carbocycles. The number of carbonyl (C=O) groups excluding carboxylic acids is 1. The second-order valence-electron chi connectivity index (χ2n) is 7.03. The third-order valence-electron chi connectivity index (χ3n) is 4.68. The Bertz CT molecular complexity index is 1160. The van der Waals surface area contributed by atoms with Gasteiger partial charge in [0.2, 0.25) is 0 Å². The summed E-state index contributed by atoms with van der Waals surface area (Å²) in [5.41, 5.74) is 1.65. The number of benzene rings is 2. The Morgan fingerprint density at radius 2 is 1.97 bits per heavy atom. The molecule has 0 radical (unpaired) electrons. The molecule has 4 rings (SSSR count). The monoisotopic (exact) mass is 478 g/mol. The minimum atomic E-state index is -2.96. The van der Waals surface area contributed by atoms with Crippen molar-refractivity contribution < 1.29 is 13.2 Å². The summed E-state index contributed by atoms with van der Waals surface area (Å²) in [4.78, 5) is 19.0. The molecule has 156 valence electrons. The van der Waals surface area contributed by atoms with E-state index in [0.29, 0.717) is 28.6 Å². The van der Waals surface area contributed by atoms with Gasteiger partial charge in [0.1, 0.15) is 0 Å². The third-order valence-corrected chi connectivity index (χ3v) is 9.17. The molecule has 9 heteroatoms. The van der Waals surface area contributed by atoms with Gasteiger partial charge in [-0.3, -0.25) is 10.1 Å². The topological polar surface area (TPSA) is 76.1 Å². The van der Waals surface area contributed by atoms with Crippen LogP contribution in [0.4, 0.5) is 5.13 Å². The van der Waals surface area contributed by atoms with Gasteiger partial charge < -0.3 is 0 Å². The average molecular weight is 479 g/mol. The van der Waals surface area contributed by atoms with Crippen LogP contribution in [0.5, 0.6) is 0 Å². The fourth-order valence-corrected chi connectivity index (χ4v) is 7.80. The summed E-state index contributed by atoms with van der Waals surface area (Å²) in [6.45, 7) is 0. The predicted octanol–water partition coefficient (Wildman–Crippen LogP) is 4.92. The molecule has 1 saturated heterocycles. The van der Waals surface area contributed by atoms with Crippen LogP contribution in [0.3, 0.4) is 0 Å². The van der Waals surface area contributed by atoms with Crippen molar-refractivity contribution in [3.05, 3.63) is 75.8 Å². The summed E-state index contributed by atoms with van der Waals surface area (Å²) in [5, 5.41) is 4.08. The van der Waals surface area contributed by atoms with E-state index in [2.05, 4.69) is 10.3 Å². The quantitative estimate of drug-likeness (QED) is 0.544. The molecule has 5 nitrogen and oxygen atoms in total. The molecule has 30 heavy (non-hydrogen) atoms. The highest BCUT2D eigenvalue weighted by Gasteiger charge is 2.29. The lowest BCUT2D eigenvalue weighted by atomic mass is 10.1. The lowest BCUT2D eigenvalue weighted by Gasteiger charge is -2.11. The second kappa shape index (κ2) is 9.09. The van der Waals surface area contributed by atoms with Gasteiger partial charge in [-0.15, -0.1) is 23.1 Å². The number of thiazole rings is 1. The molecule has 2 heterocycles. The summed E-state index contributed by atoms with van der Waals surface area (Å²) >= 11 is 8.82. The third kappa shape index (κ3) is 5.43. The molecule has 2 aromatic carbocycles. The van der Waals surface area contributed by atoms with E-state index in [0.717, 1.165) is 15.3 Å². The number of carbonyl (C=O) groups is 1. The maximum absolute atomic E-state index is 12.9. The molecule has 1 amide bonds. The number of halogens is 1. The van der Waals surface area contributed by atoms with E-state index in [1.54, 1.807) is 18.3 Å². The highest BCUT2D eigenvalue weighted by Crippen LogP contribution is 2.33. The van der Waals surface area contributed by atoms with Crippen LogP contribution in [-0.2, 0) is 16.3 Å². The number of sulfone groups is 1. The summed E-state index contributed by atoms with van der Waals surface area (Å²) in [6, 6.07) is 14.9. The highest BCUT2D eigenvalue weighted by atomic mass is 35.5. The van der Waals surface area contributed by atoms with Gasteiger partial charge in [0.25, 0.3) is 5.91 Å². The SMILES string of the molecule is O=C(Nc1ncc(Cc2ccc(Cl)cc2)s1)c1ccccc1SC1CCS(=O)(=O)C1. The van der Waals surface area contributed by atoms with Gasteiger partial charge in [-0.05, 0) is 36.2 Å². The van der Waals surface area contributed by atoms with Crippen molar-refractivity contribution >= 4 is 55.6 Å². The van der Waals surface area contributed by atoms with Gasteiger partial charge in [0, 0.05) is 32.7 Å². The molecule has 0 spiro atoms. The smallest absolute Gasteiger partial charge is 0.258 e. The Kier molecular flexibility index (Phi) is 6.48. The fourth-order valence-electron chi connectivity index (χ4n) is 3.21. The first-order valence-electron chi connectivity index (χ1n) is 9.34. The average Bonchev–Trinajstić information content (AvgIpc) is 3.29. The van der Waals surface area contributed by atoms with Crippen LogP contribution in [0.2, 0.25) is 5.02 Å². The number of hydrogen-bond donors (Lipinski definition) is 1. The zero-order chi connectivity index (χ0) is 21.1. The van der Waals surface area contributed by atoms with Gasteiger partial charge in [0.15, 0.2) is 15.0 Å². The Morgan fingerprint density at radius 3 is 2.70 bits per heavy atom. The van der Waals surface area contributed by atoms with Crippen molar-refractivity contribution in [3.8, 4) is 0 Å². The number of rotatable bonds is 6. The van der Waals surface area contributed by atoms with Gasteiger partial charge in [-0.25, -0.2) is 13.4 Å². The van der Waals surface area contributed by atoms with Gasteiger partial charge >= 0.3 is 0 Å². The van der Waals surface area contributed by atoms with Crippen molar-refractivity contribution in [2.24, 2.45) is 0 Å². The Balaban J connectivity index is 1.43. The Labute approximate surface area is 188 Å². The number of nitrogens with one attached hydrogen (secondary N) is 1. The number of thioether (sulfide) groups is 1. The molecule has 1 fully saturated rings. The first-order chi connectivity index (χ1) is 14.4. The van der Waals surface area contributed by atoms with E-state index in [1.807, 2.05) is 36.4 Å². The summed E-state index contributed by atoms with van der Waals surface area (Å²) in [7, 11) is -2.96. The van der Waals surface area contributed by atoms with E-state index in [-0.39, 0.29) is 22.7 Å². The maximum Gasteiger partial charge on any atom is 0.258 e. The molecule has 0 saturated carbocycles. The molecule has 0 bridgehead atoms. The summed E-state index contributed by atoms with van der Waals surface area (Å²) in [5.74, 6) is 0.134. The zero-order valence-corrected chi connectivity index (χ0v) is 19.1. The minimum absolute atomic E-state index is 0.0187. The lowest BCUT2D eigenvalue weighted by molar-refractivity contribution is 0.102. The van der Waals surface area contributed by atoms with Crippen LogP contribution in [-0.4, -0.2) is 36.1 Å². The lowest BCUT2D eigenvalue weighted by Crippen LogP contribution is -2.14. The van der Waals surface area contributed by atoms with E-state index in [4.69, 9.17) is 11.6 Å². The minimum Gasteiger partial charge on any atom is -0.298 e. The number of amides is 1. The zero-order valence-electron chi connectivity index (χ0n) is 15.9. The van der Waals surface area contributed by atoms with Gasteiger partial charge in [-0.1, -0.05) is 35.9 Å². The molecule has 1 aliphatic heterocycles. The second-order valence-corrected chi connectivity index (χ2v) is 12.2. The van der Waals surface area contributed by atoms with E-state index < -0.39 is 9.84 Å². The maximum atomic E-state index is 12.9. The summed E-state index contributed by atoms with van der Waals surface area (Å²) in [6.07, 6.45) is 3.09. The van der Waals surface area contributed by atoms with E-state index in [1.165, 1.54) is 23.1 Å². The van der Waals surface area contributed by atoms with Crippen LogP contribution in [0.15, 0.2) is 59.6 Å². The van der Waals surface area contributed by atoms with Crippen LogP contribution < -0.4 is 5.32 Å². The first-order valence-corrected chi connectivity index (χ1v) is 13.2. The molecule has 1 aliphatic rings. The standard InChI is InChI=1S/C21H19ClN2O3S3/c22-15-7-5-14(6-8-15)11-17-12-23-21(29-17)24-20(25)18-3-1-2-4-19(18)28-16-9-10-30(26,27)13-16/h1-8,12,16H,9-11,13H2,(H,23,24,25). The molecular weight excluding hydrogens is 460 g/mol. The van der Waals surface area contributed by atoms with Crippen molar-refractivity contribution in [1.29, 1.82) is 0 Å². The van der Waals surface area contributed by atoms with Crippen molar-refractivity contribution in [1.82, 2.24) is 4.98 Å². The predicted molar refractivity (Wildman–Crippen MR) is 124 cm³/mol. The Morgan fingerprint density at radius 1 is 1.20 bits per heavy atom.